The van der Waals surface area contributed by atoms with Crippen LogP contribution in [-0.2, 0) is 12.0 Å². The van der Waals surface area contributed by atoms with Crippen LogP contribution in [0.25, 0.3) is 10.9 Å². The number of likely N-dealkylation sites (N-methyl/N-ethyl adjacent to an activating group) is 1. The Bertz CT molecular complexity index is 1020. The van der Waals surface area contributed by atoms with Gasteiger partial charge in [-0.1, -0.05) is 6.92 Å². The highest BCUT2D eigenvalue weighted by atomic mass is 19.1. The van der Waals surface area contributed by atoms with Gasteiger partial charge in [0.1, 0.15) is 11.6 Å². The summed E-state index contributed by atoms with van der Waals surface area (Å²) in [6.07, 6.45) is 4.95. The molecule has 3 aromatic rings. The van der Waals surface area contributed by atoms with Crippen molar-refractivity contribution >= 4 is 16.7 Å². The quantitative estimate of drug-likeness (QED) is 0.736. The molecule has 28 heavy (non-hydrogen) atoms. The SMILES string of the molecule is CCN1CCc2[nH]cnc2C12CCN(c1cc(C)c3ccc(F)cc3n1)CC2. The van der Waals surface area contributed by atoms with E-state index in [9.17, 15) is 4.39 Å². The Labute approximate surface area is 164 Å². The summed E-state index contributed by atoms with van der Waals surface area (Å²) in [6, 6.07) is 7.00. The number of imidazole rings is 1. The molecular formula is C22H26FN5. The topological polar surface area (TPSA) is 48.1 Å². The number of piperidine rings is 1. The van der Waals surface area contributed by atoms with Gasteiger partial charge in [-0.05, 0) is 50.1 Å². The Kier molecular flexibility index (Phi) is 4.12. The number of nitrogens with one attached hydrogen (secondary N) is 1. The number of aromatic nitrogens is 3. The normalized spacial score (nSPS) is 19.3. The summed E-state index contributed by atoms with van der Waals surface area (Å²) in [6.45, 7) is 8.30. The molecule has 0 unspecified atom stereocenters. The van der Waals surface area contributed by atoms with E-state index in [-0.39, 0.29) is 11.4 Å². The summed E-state index contributed by atoms with van der Waals surface area (Å²) in [5.41, 5.74) is 4.44. The van der Waals surface area contributed by atoms with Gasteiger partial charge < -0.3 is 9.88 Å². The lowest BCUT2D eigenvalue weighted by atomic mass is 9.78. The van der Waals surface area contributed by atoms with E-state index in [2.05, 4.69) is 34.7 Å². The molecule has 2 aliphatic rings. The fraction of sp³-hybridized carbons (Fsp3) is 0.455. The van der Waals surface area contributed by atoms with Gasteiger partial charge in [0.15, 0.2) is 0 Å². The molecule has 0 radical (unpaired) electrons. The van der Waals surface area contributed by atoms with Gasteiger partial charge in [-0.3, -0.25) is 4.90 Å². The van der Waals surface area contributed by atoms with Crippen LogP contribution < -0.4 is 4.90 Å². The summed E-state index contributed by atoms with van der Waals surface area (Å²) in [4.78, 5) is 17.8. The van der Waals surface area contributed by atoms with Crippen LogP contribution in [0.15, 0.2) is 30.6 Å². The van der Waals surface area contributed by atoms with E-state index >= 15 is 0 Å². The third-order valence-electron chi connectivity index (χ3n) is 6.66. The average Bonchev–Trinajstić information content (AvgIpc) is 3.18. The van der Waals surface area contributed by atoms with Crippen LogP contribution in [0.3, 0.4) is 0 Å². The van der Waals surface area contributed by atoms with Crippen molar-refractivity contribution in [2.45, 2.75) is 38.6 Å². The third kappa shape index (κ3) is 2.62. The largest absolute Gasteiger partial charge is 0.356 e. The minimum Gasteiger partial charge on any atom is -0.356 e. The number of aromatic amines is 1. The maximum Gasteiger partial charge on any atom is 0.129 e. The van der Waals surface area contributed by atoms with Crippen molar-refractivity contribution in [3.8, 4) is 0 Å². The number of rotatable bonds is 2. The summed E-state index contributed by atoms with van der Waals surface area (Å²) in [5, 5.41) is 1.02. The van der Waals surface area contributed by atoms with Crippen molar-refractivity contribution in [3.63, 3.8) is 0 Å². The molecule has 1 N–H and O–H groups in total. The molecule has 1 fully saturated rings. The zero-order valence-electron chi connectivity index (χ0n) is 16.5. The first-order valence-corrected chi connectivity index (χ1v) is 10.2. The molecule has 4 heterocycles. The number of halogens is 1. The molecule has 0 bridgehead atoms. The van der Waals surface area contributed by atoms with E-state index < -0.39 is 0 Å². The maximum atomic E-state index is 13.7. The third-order valence-corrected chi connectivity index (χ3v) is 6.66. The van der Waals surface area contributed by atoms with E-state index in [1.165, 1.54) is 23.5 Å². The van der Waals surface area contributed by atoms with E-state index in [1.807, 2.05) is 12.4 Å². The highest BCUT2D eigenvalue weighted by molar-refractivity contribution is 5.84. The second-order valence-corrected chi connectivity index (χ2v) is 8.04. The summed E-state index contributed by atoms with van der Waals surface area (Å²) >= 11 is 0. The van der Waals surface area contributed by atoms with Crippen molar-refractivity contribution in [2.24, 2.45) is 0 Å². The lowest BCUT2D eigenvalue weighted by molar-refractivity contribution is 0.0496. The standard InChI is InChI=1S/C22H26FN5/c1-3-28-9-6-18-21(25-14-24-18)22(28)7-10-27(11-8-22)20-12-15(2)17-5-4-16(23)13-19(17)26-20/h4-5,12-14H,3,6-11H2,1-2H3,(H,24,25). The van der Waals surface area contributed by atoms with Gasteiger partial charge in [0.2, 0.25) is 0 Å². The highest BCUT2D eigenvalue weighted by Crippen LogP contribution is 2.42. The Hall–Kier alpha value is -2.47. The van der Waals surface area contributed by atoms with Gasteiger partial charge in [-0.25, -0.2) is 14.4 Å². The van der Waals surface area contributed by atoms with Crippen molar-refractivity contribution < 1.29 is 4.39 Å². The molecule has 2 aliphatic heterocycles. The minimum absolute atomic E-state index is 0.0246. The van der Waals surface area contributed by atoms with E-state index in [0.717, 1.165) is 67.7 Å². The van der Waals surface area contributed by atoms with Gasteiger partial charge in [0.05, 0.1) is 23.1 Å². The molecule has 0 atom stereocenters. The summed E-state index contributed by atoms with van der Waals surface area (Å²) in [5.74, 6) is 0.715. The molecule has 6 heteroatoms. The lowest BCUT2D eigenvalue weighted by Gasteiger charge is -2.50. The van der Waals surface area contributed by atoms with Crippen molar-refractivity contribution in [1.82, 2.24) is 19.9 Å². The number of anilines is 1. The zero-order valence-corrected chi connectivity index (χ0v) is 16.5. The first kappa shape index (κ1) is 17.6. The molecule has 5 nitrogen and oxygen atoms in total. The monoisotopic (exact) mass is 379 g/mol. The van der Waals surface area contributed by atoms with Crippen LogP contribution in [0.2, 0.25) is 0 Å². The number of benzene rings is 1. The van der Waals surface area contributed by atoms with Gasteiger partial charge >= 0.3 is 0 Å². The van der Waals surface area contributed by atoms with Gasteiger partial charge in [-0.2, -0.15) is 0 Å². The molecule has 1 aromatic carbocycles. The second kappa shape index (κ2) is 6.55. The maximum absolute atomic E-state index is 13.7. The number of aryl methyl sites for hydroxylation is 1. The minimum atomic E-state index is -0.235. The van der Waals surface area contributed by atoms with Gasteiger partial charge in [0.25, 0.3) is 0 Å². The molecule has 0 saturated carbocycles. The Balaban J connectivity index is 1.46. The molecule has 1 spiro atoms. The Morgan fingerprint density at radius 3 is 2.79 bits per heavy atom. The number of H-pyrrole nitrogens is 1. The molecule has 5 rings (SSSR count). The van der Waals surface area contributed by atoms with Gasteiger partial charge in [-0.15, -0.1) is 0 Å². The van der Waals surface area contributed by atoms with Crippen molar-refractivity contribution in [2.75, 3.05) is 31.1 Å². The fourth-order valence-corrected chi connectivity index (χ4v) is 5.16. The van der Waals surface area contributed by atoms with E-state index in [0.29, 0.717) is 0 Å². The summed E-state index contributed by atoms with van der Waals surface area (Å²) in [7, 11) is 0. The van der Waals surface area contributed by atoms with Crippen LogP contribution in [0.4, 0.5) is 10.2 Å². The van der Waals surface area contributed by atoms with E-state index in [1.54, 1.807) is 0 Å². The molecule has 0 aliphatic carbocycles. The lowest BCUT2D eigenvalue weighted by Crippen LogP contribution is -2.56. The first-order chi connectivity index (χ1) is 13.6. The van der Waals surface area contributed by atoms with Crippen molar-refractivity contribution in [3.05, 3.63) is 53.4 Å². The molecule has 2 aromatic heterocycles. The number of hydrogen-bond donors (Lipinski definition) is 1. The number of nitrogens with zero attached hydrogens (tertiary/aromatic N) is 4. The second-order valence-electron chi connectivity index (χ2n) is 8.04. The summed E-state index contributed by atoms with van der Waals surface area (Å²) < 4.78 is 13.7. The Morgan fingerprint density at radius 1 is 1.18 bits per heavy atom. The number of fused-ring (bicyclic) bond motifs is 3. The number of hydrogen-bond acceptors (Lipinski definition) is 4. The molecular weight excluding hydrogens is 353 g/mol. The molecule has 0 amide bonds. The Morgan fingerprint density at radius 2 is 2.00 bits per heavy atom. The van der Waals surface area contributed by atoms with Crippen LogP contribution in [0, 0.1) is 12.7 Å². The predicted molar refractivity (Wildman–Crippen MR) is 109 cm³/mol. The van der Waals surface area contributed by atoms with Crippen LogP contribution in [-0.4, -0.2) is 46.0 Å². The zero-order chi connectivity index (χ0) is 19.3. The van der Waals surface area contributed by atoms with Crippen LogP contribution in [0.1, 0.15) is 36.7 Å². The van der Waals surface area contributed by atoms with Gasteiger partial charge in [0, 0.05) is 43.2 Å². The average molecular weight is 379 g/mol. The van der Waals surface area contributed by atoms with Crippen LogP contribution in [0.5, 0.6) is 0 Å². The number of pyridine rings is 1. The smallest absolute Gasteiger partial charge is 0.129 e. The van der Waals surface area contributed by atoms with Crippen molar-refractivity contribution in [1.29, 1.82) is 0 Å². The van der Waals surface area contributed by atoms with Crippen LogP contribution >= 0.6 is 0 Å². The fourth-order valence-electron chi connectivity index (χ4n) is 5.16. The van der Waals surface area contributed by atoms with E-state index in [4.69, 9.17) is 9.97 Å². The first-order valence-electron chi connectivity index (χ1n) is 10.2. The highest BCUT2D eigenvalue weighted by Gasteiger charge is 2.46. The molecule has 146 valence electrons. The molecule has 1 saturated heterocycles. The predicted octanol–water partition coefficient (Wildman–Crippen LogP) is 3.78.